The smallest absolute Gasteiger partial charge is 0.184 e. The van der Waals surface area contributed by atoms with E-state index in [1.807, 2.05) is 24.3 Å². The van der Waals surface area contributed by atoms with Gasteiger partial charge in [0.2, 0.25) is 0 Å². The fourth-order valence-corrected chi connectivity index (χ4v) is 5.43. The van der Waals surface area contributed by atoms with Crippen molar-refractivity contribution in [1.82, 2.24) is 9.97 Å². The maximum atomic E-state index is 12.8. The van der Waals surface area contributed by atoms with Crippen molar-refractivity contribution < 1.29 is 13.2 Å². The molecule has 0 radical (unpaired) electrons. The summed E-state index contributed by atoms with van der Waals surface area (Å²) < 4.78 is 31.0. The Morgan fingerprint density at radius 2 is 2.00 bits per heavy atom. The van der Waals surface area contributed by atoms with Gasteiger partial charge in [-0.25, -0.2) is 13.4 Å². The molecule has 0 aliphatic heterocycles. The number of methoxy groups -OCH3 is 1. The largest absolute Gasteiger partial charge is 0.496 e. The molecule has 0 saturated carbocycles. The van der Waals surface area contributed by atoms with Gasteiger partial charge in [0.1, 0.15) is 22.6 Å². The predicted molar refractivity (Wildman–Crippen MR) is 111 cm³/mol. The Labute approximate surface area is 172 Å². The molecule has 0 aliphatic rings. The molecule has 29 heavy (non-hydrogen) atoms. The van der Waals surface area contributed by atoms with Gasteiger partial charge in [-0.3, -0.25) is 4.98 Å². The number of hydrogen-bond donors (Lipinski definition) is 0. The van der Waals surface area contributed by atoms with Crippen molar-refractivity contribution in [3.63, 3.8) is 0 Å². The first-order valence-corrected chi connectivity index (χ1v) is 11.1. The van der Waals surface area contributed by atoms with Crippen LogP contribution in [0.3, 0.4) is 0 Å². The highest BCUT2D eigenvalue weighted by Crippen LogP contribution is 2.37. The molecule has 8 heteroatoms. The van der Waals surface area contributed by atoms with Crippen LogP contribution in [0, 0.1) is 11.3 Å². The fraction of sp³-hybridized carbons (Fsp3) is 0.0952. The quantitative estimate of drug-likeness (QED) is 0.479. The van der Waals surface area contributed by atoms with E-state index in [9.17, 15) is 13.7 Å². The Bertz CT molecular complexity index is 1340. The highest BCUT2D eigenvalue weighted by atomic mass is 32.2. The molecule has 0 bridgehead atoms. The minimum atomic E-state index is -3.56. The van der Waals surface area contributed by atoms with Crippen molar-refractivity contribution in [2.45, 2.75) is 10.6 Å². The number of sulfone groups is 1. The van der Waals surface area contributed by atoms with Gasteiger partial charge in [-0.2, -0.15) is 5.26 Å². The molecule has 2 aromatic heterocycles. The molecular formula is C21H15N3O3S2. The minimum absolute atomic E-state index is 0.161. The molecular weight excluding hydrogens is 406 g/mol. The van der Waals surface area contributed by atoms with E-state index in [1.165, 1.54) is 17.5 Å². The van der Waals surface area contributed by atoms with Gasteiger partial charge in [-0.15, -0.1) is 11.3 Å². The lowest BCUT2D eigenvalue weighted by Crippen LogP contribution is -2.05. The van der Waals surface area contributed by atoms with E-state index in [4.69, 9.17) is 4.74 Å². The van der Waals surface area contributed by atoms with Gasteiger partial charge in [0.25, 0.3) is 0 Å². The summed E-state index contributed by atoms with van der Waals surface area (Å²) >= 11 is 1.30. The number of nitrogens with zero attached hydrogens (tertiary/aromatic N) is 3. The summed E-state index contributed by atoms with van der Waals surface area (Å²) in [5.41, 5.74) is 2.29. The second-order valence-electron chi connectivity index (χ2n) is 6.22. The summed E-state index contributed by atoms with van der Waals surface area (Å²) in [4.78, 5) is 8.55. The second kappa shape index (κ2) is 7.62. The van der Waals surface area contributed by atoms with E-state index in [0.29, 0.717) is 32.8 Å². The summed E-state index contributed by atoms with van der Waals surface area (Å²) in [7, 11) is -2.00. The van der Waals surface area contributed by atoms with Crippen LogP contribution in [0.1, 0.15) is 10.6 Å². The zero-order valence-electron chi connectivity index (χ0n) is 15.4. The van der Waals surface area contributed by atoms with E-state index in [0.717, 1.165) is 5.56 Å². The van der Waals surface area contributed by atoms with E-state index in [-0.39, 0.29) is 10.6 Å². The molecule has 144 valence electrons. The highest BCUT2D eigenvalue weighted by Gasteiger charge is 2.20. The first-order chi connectivity index (χ1) is 14.0. The molecule has 4 rings (SSSR count). The third-order valence-electron chi connectivity index (χ3n) is 4.49. The topological polar surface area (TPSA) is 92.9 Å². The summed E-state index contributed by atoms with van der Waals surface area (Å²) in [5, 5.41) is 12.6. The fourth-order valence-electron chi connectivity index (χ4n) is 3.16. The molecule has 2 aromatic carbocycles. The first-order valence-electron chi connectivity index (χ1n) is 8.61. The van der Waals surface area contributed by atoms with Gasteiger partial charge in [0, 0.05) is 34.3 Å². The molecule has 0 unspecified atom stereocenters. The third kappa shape index (κ3) is 3.58. The number of benzene rings is 2. The van der Waals surface area contributed by atoms with Crippen LogP contribution in [0.15, 0.2) is 65.1 Å². The predicted octanol–water partition coefficient (Wildman–Crippen LogP) is 4.21. The zero-order chi connectivity index (χ0) is 20.4. The summed E-state index contributed by atoms with van der Waals surface area (Å²) in [6.45, 7) is 0. The molecule has 0 spiro atoms. The maximum Gasteiger partial charge on any atom is 0.184 e. The van der Waals surface area contributed by atoms with Crippen molar-refractivity contribution in [2.24, 2.45) is 0 Å². The van der Waals surface area contributed by atoms with Gasteiger partial charge in [0.05, 0.1) is 23.1 Å². The van der Waals surface area contributed by atoms with Crippen molar-refractivity contribution in [3.8, 4) is 22.9 Å². The molecule has 4 aromatic rings. The summed E-state index contributed by atoms with van der Waals surface area (Å²) in [5.74, 6) is 0.461. The summed E-state index contributed by atoms with van der Waals surface area (Å²) in [6, 6.07) is 14.3. The zero-order valence-corrected chi connectivity index (χ0v) is 17.0. The first kappa shape index (κ1) is 19.1. The number of hydrogen-bond acceptors (Lipinski definition) is 7. The van der Waals surface area contributed by atoms with Gasteiger partial charge in [-0.1, -0.05) is 24.3 Å². The Morgan fingerprint density at radius 3 is 2.72 bits per heavy atom. The lowest BCUT2D eigenvalue weighted by molar-refractivity contribution is 0.416. The van der Waals surface area contributed by atoms with Crippen LogP contribution in [0.25, 0.3) is 22.0 Å². The number of fused-ring (bicyclic) bond motifs is 1. The Hall–Kier alpha value is -3.28. The van der Waals surface area contributed by atoms with Gasteiger partial charge in [0.15, 0.2) is 9.84 Å². The molecule has 0 atom stereocenters. The van der Waals surface area contributed by atoms with E-state index < -0.39 is 9.84 Å². The molecule has 2 heterocycles. The number of ether oxygens (including phenoxy) is 1. The van der Waals surface area contributed by atoms with Gasteiger partial charge >= 0.3 is 0 Å². The third-order valence-corrected chi connectivity index (χ3v) is 7.08. The number of nitriles is 1. The molecule has 0 saturated heterocycles. The van der Waals surface area contributed by atoms with Crippen LogP contribution in [-0.2, 0) is 15.6 Å². The lowest BCUT2D eigenvalue weighted by atomic mass is 9.96. The van der Waals surface area contributed by atoms with Crippen molar-refractivity contribution >= 4 is 32.1 Å². The van der Waals surface area contributed by atoms with E-state index in [2.05, 4.69) is 16.0 Å². The van der Waals surface area contributed by atoms with Gasteiger partial charge < -0.3 is 4.74 Å². The molecule has 0 aliphatic carbocycles. The number of aromatic nitrogens is 2. The van der Waals surface area contributed by atoms with Crippen LogP contribution in [0.5, 0.6) is 5.75 Å². The van der Waals surface area contributed by atoms with Crippen molar-refractivity contribution in [2.75, 3.05) is 7.11 Å². The van der Waals surface area contributed by atoms with Crippen LogP contribution >= 0.6 is 11.3 Å². The minimum Gasteiger partial charge on any atom is -0.496 e. The Kier molecular flexibility index (Phi) is 5.01. The number of thiazole rings is 1. The SMILES string of the molecule is COc1ccccc1-c1c(C#N)cnc2cc(S(=O)(=O)Cc3nccs3)ccc12. The molecule has 6 nitrogen and oxygen atoms in total. The number of pyridine rings is 1. The van der Waals surface area contributed by atoms with Crippen molar-refractivity contribution in [1.29, 1.82) is 5.26 Å². The second-order valence-corrected chi connectivity index (χ2v) is 9.19. The summed E-state index contributed by atoms with van der Waals surface area (Å²) in [6.07, 6.45) is 3.04. The average Bonchev–Trinajstić information content (AvgIpc) is 3.24. The standard InChI is InChI=1S/C21H15N3O3S2/c1-27-19-5-3-2-4-17(19)21-14(11-22)12-24-18-10-15(6-7-16(18)21)29(25,26)13-20-23-8-9-28-20/h2-10,12H,13H2,1H3. The normalized spacial score (nSPS) is 11.3. The van der Waals surface area contributed by atoms with Crippen LogP contribution < -0.4 is 4.74 Å². The van der Waals surface area contributed by atoms with E-state index in [1.54, 1.807) is 36.9 Å². The lowest BCUT2D eigenvalue weighted by Gasteiger charge is -2.13. The van der Waals surface area contributed by atoms with Crippen LogP contribution in [0.4, 0.5) is 0 Å². The van der Waals surface area contributed by atoms with Crippen LogP contribution in [-0.4, -0.2) is 25.5 Å². The molecule has 0 amide bonds. The Balaban J connectivity index is 1.89. The van der Waals surface area contributed by atoms with E-state index >= 15 is 0 Å². The van der Waals surface area contributed by atoms with Crippen LogP contribution in [0.2, 0.25) is 0 Å². The monoisotopic (exact) mass is 421 g/mol. The molecule has 0 N–H and O–H groups in total. The number of rotatable bonds is 5. The molecule has 0 fully saturated rings. The average molecular weight is 422 g/mol. The highest BCUT2D eigenvalue weighted by molar-refractivity contribution is 7.90. The number of para-hydroxylation sites is 1. The maximum absolute atomic E-state index is 12.8. The van der Waals surface area contributed by atoms with Gasteiger partial charge in [-0.05, 0) is 18.2 Å². The Morgan fingerprint density at radius 1 is 1.17 bits per heavy atom. The van der Waals surface area contributed by atoms with Crippen molar-refractivity contribution in [3.05, 3.63) is 70.8 Å².